The zero-order valence-corrected chi connectivity index (χ0v) is 16.1. The number of anilines is 1. The lowest BCUT2D eigenvalue weighted by Gasteiger charge is -2.07. The summed E-state index contributed by atoms with van der Waals surface area (Å²) < 4.78 is 7.52. The summed E-state index contributed by atoms with van der Waals surface area (Å²) in [7, 11) is 0. The van der Waals surface area contributed by atoms with E-state index in [1.807, 2.05) is 30.5 Å². The SMILES string of the molecule is CC(C)n1cc(C#Cc2cccc(SONC3CC3)c2)c2c(N)ncnc21. The van der Waals surface area contributed by atoms with E-state index in [2.05, 4.69) is 45.7 Å². The molecule has 0 aliphatic heterocycles. The smallest absolute Gasteiger partial charge is 0.147 e. The fraction of sp³-hybridized carbons (Fsp3) is 0.300. The van der Waals surface area contributed by atoms with Crippen LogP contribution in [0.2, 0.25) is 0 Å². The maximum atomic E-state index is 6.09. The molecule has 3 N–H and O–H groups in total. The molecule has 1 aromatic carbocycles. The number of fused-ring (bicyclic) bond motifs is 1. The van der Waals surface area contributed by atoms with Crippen LogP contribution in [-0.4, -0.2) is 20.6 Å². The Bertz CT molecular complexity index is 1030. The van der Waals surface area contributed by atoms with Crippen molar-refractivity contribution in [3.05, 3.63) is 47.9 Å². The Kier molecular flexibility index (Phi) is 5.03. The average Bonchev–Trinajstić information content (AvgIpc) is 3.39. The van der Waals surface area contributed by atoms with Crippen LogP contribution in [0.25, 0.3) is 11.0 Å². The van der Waals surface area contributed by atoms with Gasteiger partial charge >= 0.3 is 0 Å². The van der Waals surface area contributed by atoms with Crippen molar-refractivity contribution in [2.24, 2.45) is 0 Å². The largest absolute Gasteiger partial charge is 0.383 e. The highest BCUT2D eigenvalue weighted by molar-refractivity contribution is 7.94. The summed E-state index contributed by atoms with van der Waals surface area (Å²) in [6.07, 6.45) is 5.85. The first kappa shape index (κ1) is 17.9. The lowest BCUT2D eigenvalue weighted by atomic mass is 10.2. The van der Waals surface area contributed by atoms with Gasteiger partial charge in [-0.1, -0.05) is 17.9 Å². The Hall–Kier alpha value is -2.53. The van der Waals surface area contributed by atoms with Crippen LogP contribution >= 0.6 is 12.0 Å². The minimum Gasteiger partial charge on any atom is -0.383 e. The van der Waals surface area contributed by atoms with Crippen LogP contribution in [0.5, 0.6) is 0 Å². The number of hydrogen-bond donors (Lipinski definition) is 2. The van der Waals surface area contributed by atoms with Gasteiger partial charge < -0.3 is 10.3 Å². The van der Waals surface area contributed by atoms with Gasteiger partial charge in [0.1, 0.15) is 17.8 Å². The van der Waals surface area contributed by atoms with Crippen molar-refractivity contribution in [1.82, 2.24) is 20.0 Å². The Morgan fingerprint density at radius 3 is 2.93 bits per heavy atom. The van der Waals surface area contributed by atoms with Gasteiger partial charge in [0.2, 0.25) is 0 Å². The molecular formula is C20H21N5OS. The summed E-state index contributed by atoms with van der Waals surface area (Å²) in [6, 6.07) is 8.73. The molecule has 0 radical (unpaired) electrons. The van der Waals surface area contributed by atoms with Crippen molar-refractivity contribution in [3.63, 3.8) is 0 Å². The van der Waals surface area contributed by atoms with E-state index in [0.717, 1.165) is 27.1 Å². The quantitative estimate of drug-likeness (QED) is 0.400. The van der Waals surface area contributed by atoms with E-state index in [-0.39, 0.29) is 6.04 Å². The standard InChI is InChI=1S/C20H21N5OS/c1-13(2)25-11-15(18-19(21)22-12-23-20(18)25)7-6-14-4-3-5-17(10-14)27-26-24-16-8-9-16/h3-5,10-13,16,24H,8-9H2,1-2H3,(H2,21,22,23). The number of rotatable bonds is 5. The predicted molar refractivity (Wildman–Crippen MR) is 108 cm³/mol. The topological polar surface area (TPSA) is 78.0 Å². The minimum atomic E-state index is 0.258. The van der Waals surface area contributed by atoms with E-state index in [0.29, 0.717) is 11.9 Å². The number of nitrogens with zero attached hydrogens (tertiary/aromatic N) is 3. The zero-order chi connectivity index (χ0) is 18.8. The lowest BCUT2D eigenvalue weighted by molar-refractivity contribution is 0.232. The number of nitrogens with one attached hydrogen (secondary N) is 1. The van der Waals surface area contributed by atoms with Gasteiger partial charge in [-0.15, -0.1) is 0 Å². The van der Waals surface area contributed by atoms with Crippen LogP contribution in [0.15, 0.2) is 41.7 Å². The van der Waals surface area contributed by atoms with Gasteiger partial charge in [0.15, 0.2) is 0 Å². The number of benzene rings is 1. The second kappa shape index (κ2) is 7.61. The normalized spacial score (nSPS) is 13.7. The summed E-state index contributed by atoms with van der Waals surface area (Å²) in [6.45, 7) is 4.20. The lowest BCUT2D eigenvalue weighted by Crippen LogP contribution is -2.11. The fourth-order valence-electron chi connectivity index (χ4n) is 2.70. The second-order valence-electron chi connectivity index (χ2n) is 6.84. The molecule has 0 unspecified atom stereocenters. The zero-order valence-electron chi connectivity index (χ0n) is 15.3. The Morgan fingerprint density at radius 2 is 2.15 bits per heavy atom. The van der Waals surface area contributed by atoms with Crippen molar-refractivity contribution in [2.45, 2.75) is 43.7 Å². The number of hydrogen-bond acceptors (Lipinski definition) is 6. The van der Waals surface area contributed by atoms with Crippen molar-refractivity contribution < 1.29 is 4.28 Å². The molecule has 1 aliphatic rings. The van der Waals surface area contributed by atoms with Gasteiger partial charge in [0.25, 0.3) is 0 Å². The summed E-state index contributed by atoms with van der Waals surface area (Å²) in [5.41, 5.74) is 11.7. The first-order chi connectivity index (χ1) is 13.1. The number of nitrogens with two attached hydrogens (primary N) is 1. The van der Waals surface area contributed by atoms with E-state index in [1.54, 1.807) is 0 Å². The van der Waals surface area contributed by atoms with Crippen molar-refractivity contribution in [1.29, 1.82) is 0 Å². The highest BCUT2D eigenvalue weighted by atomic mass is 32.2. The summed E-state index contributed by atoms with van der Waals surface area (Å²) in [5.74, 6) is 6.91. The van der Waals surface area contributed by atoms with Gasteiger partial charge in [-0.3, -0.25) is 0 Å². The number of nitrogen functional groups attached to an aromatic ring is 1. The number of hydroxylamine groups is 1. The predicted octanol–water partition coefficient (Wildman–Crippen LogP) is 3.68. The van der Waals surface area contributed by atoms with Crippen molar-refractivity contribution >= 4 is 28.9 Å². The first-order valence-electron chi connectivity index (χ1n) is 8.94. The molecule has 1 saturated carbocycles. The Labute approximate surface area is 162 Å². The van der Waals surface area contributed by atoms with E-state index in [9.17, 15) is 0 Å². The summed E-state index contributed by atoms with van der Waals surface area (Å²) in [4.78, 5) is 9.51. The monoisotopic (exact) mass is 379 g/mol. The average molecular weight is 379 g/mol. The van der Waals surface area contributed by atoms with Gasteiger partial charge in [-0.2, -0.15) is 5.48 Å². The van der Waals surface area contributed by atoms with E-state index >= 15 is 0 Å². The van der Waals surface area contributed by atoms with Crippen molar-refractivity contribution in [2.75, 3.05) is 5.73 Å². The number of aromatic nitrogens is 3. The molecule has 0 spiro atoms. The molecule has 1 fully saturated rings. The van der Waals surface area contributed by atoms with E-state index in [1.165, 1.54) is 31.2 Å². The third-order valence-electron chi connectivity index (χ3n) is 4.30. The minimum absolute atomic E-state index is 0.258. The molecule has 0 bridgehead atoms. The maximum Gasteiger partial charge on any atom is 0.147 e. The molecular weight excluding hydrogens is 358 g/mol. The van der Waals surface area contributed by atoms with Crippen LogP contribution < -0.4 is 11.2 Å². The molecule has 7 heteroatoms. The van der Waals surface area contributed by atoms with Gasteiger partial charge in [0, 0.05) is 28.7 Å². The molecule has 2 aromatic heterocycles. The maximum absolute atomic E-state index is 6.09. The Morgan fingerprint density at radius 1 is 1.30 bits per heavy atom. The molecule has 6 nitrogen and oxygen atoms in total. The van der Waals surface area contributed by atoms with Crippen LogP contribution in [0, 0.1) is 11.8 Å². The fourth-order valence-corrected chi connectivity index (χ4v) is 3.29. The van der Waals surface area contributed by atoms with Gasteiger partial charge in [0.05, 0.1) is 23.0 Å². The van der Waals surface area contributed by atoms with Crippen LogP contribution in [-0.2, 0) is 4.28 Å². The highest BCUT2D eigenvalue weighted by Crippen LogP contribution is 2.26. The third-order valence-corrected chi connectivity index (χ3v) is 4.93. The highest BCUT2D eigenvalue weighted by Gasteiger charge is 2.21. The van der Waals surface area contributed by atoms with E-state index in [4.69, 9.17) is 10.0 Å². The van der Waals surface area contributed by atoms with Gasteiger partial charge in [-0.05, 0) is 44.9 Å². The molecule has 138 valence electrons. The van der Waals surface area contributed by atoms with Crippen LogP contribution in [0.3, 0.4) is 0 Å². The second-order valence-corrected chi connectivity index (χ2v) is 7.64. The molecule has 4 rings (SSSR count). The van der Waals surface area contributed by atoms with Crippen molar-refractivity contribution in [3.8, 4) is 11.8 Å². The van der Waals surface area contributed by atoms with Gasteiger partial charge in [-0.25, -0.2) is 14.3 Å². The Balaban J connectivity index is 1.60. The molecule has 3 aromatic rings. The molecule has 1 aliphatic carbocycles. The summed E-state index contributed by atoms with van der Waals surface area (Å²) in [5, 5.41) is 0.807. The third kappa shape index (κ3) is 4.08. The van der Waals surface area contributed by atoms with Crippen LogP contribution in [0.1, 0.15) is 43.9 Å². The molecule has 27 heavy (non-hydrogen) atoms. The molecule has 2 heterocycles. The first-order valence-corrected chi connectivity index (χ1v) is 9.68. The summed E-state index contributed by atoms with van der Waals surface area (Å²) >= 11 is 1.31. The van der Waals surface area contributed by atoms with E-state index < -0.39 is 0 Å². The molecule has 0 saturated heterocycles. The molecule has 0 atom stereocenters. The van der Waals surface area contributed by atoms with Crippen LogP contribution in [0.4, 0.5) is 5.82 Å². The molecule has 0 amide bonds.